The van der Waals surface area contributed by atoms with Gasteiger partial charge in [-0.05, 0) is 42.5 Å². The number of ether oxygens (including phenoxy) is 4. The molecule has 0 aromatic heterocycles. The summed E-state index contributed by atoms with van der Waals surface area (Å²) in [6.07, 6.45) is -4.90. The molecule has 5 unspecified atom stereocenters. The number of aromatic hydroxyl groups is 2. The molecule has 45 heavy (non-hydrogen) atoms. The molecule has 14 heteroatoms. The molecule has 3 fully saturated rings. The maximum Gasteiger partial charge on any atom is 0.358 e. The van der Waals surface area contributed by atoms with E-state index in [1.807, 2.05) is 0 Å². The number of esters is 2. The number of fused-ring (bicyclic) bond motifs is 3. The van der Waals surface area contributed by atoms with Crippen molar-refractivity contribution in [3.8, 4) is 34.1 Å². The van der Waals surface area contributed by atoms with Crippen molar-refractivity contribution in [2.45, 2.75) is 61.8 Å². The molecule has 8 atom stereocenters. The zero-order valence-corrected chi connectivity index (χ0v) is 24.1. The first-order valence-corrected chi connectivity index (χ1v) is 14.2. The number of phenols is 2. The second kappa shape index (κ2) is 8.96. The van der Waals surface area contributed by atoms with Gasteiger partial charge in [0, 0.05) is 17.5 Å². The molecule has 0 spiro atoms. The third-order valence-electron chi connectivity index (χ3n) is 9.89. The summed E-state index contributed by atoms with van der Waals surface area (Å²) in [5.41, 5.74) is -9.52. The topological polar surface area (TPSA) is 227 Å². The number of ketones is 2. The fourth-order valence-corrected chi connectivity index (χ4v) is 7.58. The van der Waals surface area contributed by atoms with Crippen LogP contribution in [0.2, 0.25) is 0 Å². The van der Waals surface area contributed by atoms with Gasteiger partial charge in [0.1, 0.15) is 58.2 Å². The van der Waals surface area contributed by atoms with E-state index in [1.54, 1.807) is 6.92 Å². The van der Waals surface area contributed by atoms with Crippen molar-refractivity contribution >= 4 is 29.3 Å². The van der Waals surface area contributed by atoms with Gasteiger partial charge in [0.05, 0.1) is 12.7 Å². The second-order valence-electron chi connectivity index (χ2n) is 12.3. The van der Waals surface area contributed by atoms with Crippen molar-refractivity contribution in [1.82, 2.24) is 0 Å². The predicted octanol–water partition coefficient (Wildman–Crippen LogP) is 0.679. The van der Waals surface area contributed by atoms with Gasteiger partial charge in [-0.2, -0.15) is 0 Å². The Hall–Kier alpha value is -4.66. The number of aliphatic hydroxyl groups excluding tert-OH is 3. The summed E-state index contributed by atoms with van der Waals surface area (Å²) in [7, 11) is 1.02. The zero-order chi connectivity index (χ0) is 32.5. The maximum absolute atomic E-state index is 13.9. The van der Waals surface area contributed by atoms with Crippen LogP contribution in [0.25, 0.3) is 16.9 Å². The van der Waals surface area contributed by atoms with E-state index in [0.29, 0.717) is 0 Å². The molecule has 0 amide bonds. The number of carbonyl (C=O) groups excluding carboxylic acids is 4. The van der Waals surface area contributed by atoms with Crippen LogP contribution in [0.15, 0.2) is 29.8 Å². The largest absolute Gasteiger partial charge is 0.506 e. The van der Waals surface area contributed by atoms with E-state index in [-0.39, 0.29) is 35.5 Å². The summed E-state index contributed by atoms with van der Waals surface area (Å²) in [4.78, 5) is 53.0. The van der Waals surface area contributed by atoms with E-state index < -0.39 is 104 Å². The molecule has 2 bridgehead atoms. The van der Waals surface area contributed by atoms with Gasteiger partial charge in [-0.15, -0.1) is 0 Å². The number of phenolic OH excluding ortho intramolecular Hbond substituents is 2. The summed E-state index contributed by atoms with van der Waals surface area (Å²) >= 11 is 0. The van der Waals surface area contributed by atoms with E-state index in [1.165, 1.54) is 31.2 Å². The van der Waals surface area contributed by atoms with Crippen LogP contribution in [0.4, 0.5) is 0 Å². The van der Waals surface area contributed by atoms with Gasteiger partial charge in [-0.25, -0.2) is 9.59 Å². The van der Waals surface area contributed by atoms with E-state index in [2.05, 4.69) is 0 Å². The van der Waals surface area contributed by atoms with Crippen LogP contribution in [0.5, 0.6) is 23.0 Å². The van der Waals surface area contributed by atoms with Crippen molar-refractivity contribution < 1.29 is 68.8 Å². The highest BCUT2D eigenvalue weighted by molar-refractivity contribution is 6.16. The normalized spacial score (nSPS) is 36.1. The zero-order valence-electron chi connectivity index (χ0n) is 24.1. The molecule has 3 heterocycles. The van der Waals surface area contributed by atoms with Crippen molar-refractivity contribution in [1.29, 1.82) is 0 Å². The molecule has 0 radical (unpaired) electrons. The summed E-state index contributed by atoms with van der Waals surface area (Å²) in [6, 6.07) is 4.86. The van der Waals surface area contributed by atoms with Crippen LogP contribution in [-0.2, 0) is 23.9 Å². The summed E-state index contributed by atoms with van der Waals surface area (Å²) in [6.45, 7) is 3.13. The van der Waals surface area contributed by atoms with E-state index in [0.717, 1.165) is 7.11 Å². The molecular formula is C31H28O14. The van der Waals surface area contributed by atoms with Gasteiger partial charge in [-0.3, -0.25) is 9.59 Å². The number of aliphatic hydroxyl groups is 4. The first-order chi connectivity index (χ1) is 21.2. The van der Waals surface area contributed by atoms with Gasteiger partial charge in [0.25, 0.3) is 11.2 Å². The highest BCUT2D eigenvalue weighted by atomic mass is 16.6. The molecule has 2 saturated carbocycles. The molecule has 2 aliphatic carbocycles. The number of hydrogen-bond acceptors (Lipinski definition) is 14. The molecular weight excluding hydrogens is 596 g/mol. The Bertz CT molecular complexity index is 1790. The average Bonchev–Trinajstić information content (AvgIpc) is 3.15. The molecule has 2 aromatic carbocycles. The minimum Gasteiger partial charge on any atom is -0.506 e. The Kier molecular flexibility index (Phi) is 5.79. The van der Waals surface area contributed by atoms with Crippen LogP contribution >= 0.6 is 0 Å². The van der Waals surface area contributed by atoms with E-state index >= 15 is 0 Å². The van der Waals surface area contributed by atoms with Crippen LogP contribution < -0.4 is 9.47 Å². The molecule has 14 nitrogen and oxygen atoms in total. The Morgan fingerprint density at radius 3 is 2.11 bits per heavy atom. The first kappa shape index (κ1) is 29.1. The highest BCUT2D eigenvalue weighted by Gasteiger charge is 2.81. The molecule has 6 N–H and O–H groups in total. The molecule has 3 aliphatic heterocycles. The van der Waals surface area contributed by atoms with E-state index in [4.69, 9.17) is 18.9 Å². The smallest absolute Gasteiger partial charge is 0.358 e. The number of hydrogen-bond donors (Lipinski definition) is 6. The van der Waals surface area contributed by atoms with Crippen LogP contribution in [0.1, 0.15) is 42.6 Å². The Balaban J connectivity index is 1.39. The third kappa shape index (κ3) is 3.13. The van der Waals surface area contributed by atoms with E-state index in [9.17, 15) is 49.8 Å². The number of Topliss-reactive ketones (excluding diaryl/α,β-unsaturated/α-hetero) is 2. The lowest BCUT2D eigenvalue weighted by Gasteiger charge is -2.49. The van der Waals surface area contributed by atoms with Crippen LogP contribution in [0, 0.1) is 11.8 Å². The summed E-state index contributed by atoms with van der Waals surface area (Å²) < 4.78 is 21.8. The van der Waals surface area contributed by atoms with Gasteiger partial charge in [0.15, 0.2) is 5.78 Å². The molecule has 7 rings (SSSR count). The second-order valence-corrected chi connectivity index (χ2v) is 12.3. The first-order valence-electron chi connectivity index (χ1n) is 14.2. The van der Waals surface area contributed by atoms with Crippen LogP contribution in [-0.4, -0.2) is 96.4 Å². The Morgan fingerprint density at radius 2 is 1.49 bits per heavy atom. The van der Waals surface area contributed by atoms with Gasteiger partial charge < -0.3 is 49.6 Å². The fourth-order valence-electron chi connectivity index (χ4n) is 7.58. The summed E-state index contributed by atoms with van der Waals surface area (Å²) in [5.74, 6) is -8.48. The van der Waals surface area contributed by atoms with Crippen molar-refractivity contribution in [2.75, 3.05) is 7.11 Å². The lowest BCUT2D eigenvalue weighted by atomic mass is 9.62. The summed E-state index contributed by atoms with van der Waals surface area (Å²) in [5, 5.41) is 67.8. The standard InChI is InChI=1S/C31H28O14/c1-10-8-14(32)20-23(35)18-15(44-29(20,24(10)36)27(39)42-3)6-4-12(21(18)33)13-5-7-16-19(22(13)34)26(38)30(41)17-9-11(2)25(37)31(30,45-16)28(40)43-17/h4-7,10-11,17,24-25,33-37,41H,8-9H2,1-3H3/t10?,11?,17-,24?,25?,29-,30?,31+/m1/s1. The fraction of sp³-hybridized carbons (Fsp3) is 0.419. The monoisotopic (exact) mass is 624 g/mol. The number of methoxy groups -OCH3 is 1. The van der Waals surface area contributed by atoms with Crippen molar-refractivity contribution in [3.63, 3.8) is 0 Å². The Labute approximate surface area is 254 Å². The highest BCUT2D eigenvalue weighted by Crippen LogP contribution is 2.58. The minimum absolute atomic E-state index is 0.0607. The Morgan fingerprint density at radius 1 is 0.889 bits per heavy atom. The lowest BCUT2D eigenvalue weighted by molar-refractivity contribution is -0.192. The van der Waals surface area contributed by atoms with Gasteiger partial charge in [0.2, 0.25) is 11.4 Å². The molecule has 5 aliphatic rings. The lowest BCUT2D eigenvalue weighted by Crippen LogP contribution is -2.76. The third-order valence-corrected chi connectivity index (χ3v) is 9.89. The average molecular weight is 625 g/mol. The van der Waals surface area contributed by atoms with Gasteiger partial charge >= 0.3 is 11.9 Å². The van der Waals surface area contributed by atoms with Crippen LogP contribution in [0.3, 0.4) is 0 Å². The predicted molar refractivity (Wildman–Crippen MR) is 147 cm³/mol. The molecule has 2 aromatic rings. The minimum atomic E-state index is -2.68. The van der Waals surface area contributed by atoms with Gasteiger partial charge in [-0.1, -0.05) is 13.8 Å². The molecule has 1 saturated heterocycles. The quantitative estimate of drug-likeness (QED) is 0.253. The number of rotatable bonds is 2. The van der Waals surface area contributed by atoms with Crippen molar-refractivity contribution in [2.24, 2.45) is 11.8 Å². The molecule has 236 valence electrons. The number of carbonyl (C=O) groups is 4. The SMILES string of the molecule is COC(=O)[C@@]12Oc3ccc(-c4ccc5c(c4O)C(=O)C4(O)[C@H]6CC(C)C(O)[C@]4(O5)C(=O)O6)c(O)c3C(O)=C1C(=O)CC(C)C2O. The maximum atomic E-state index is 13.9. The number of benzene rings is 2. The van der Waals surface area contributed by atoms with Crippen molar-refractivity contribution in [3.05, 3.63) is 41.0 Å².